The van der Waals surface area contributed by atoms with Gasteiger partial charge in [0.15, 0.2) is 6.10 Å². The summed E-state index contributed by atoms with van der Waals surface area (Å²) in [5.41, 5.74) is 0. The normalized spacial score (nSPS) is 13.3. The quantitative estimate of drug-likeness (QED) is 0.0267. The Hall–Kier alpha value is -4.45. The number of ether oxygens (including phenoxy) is 3. The van der Waals surface area contributed by atoms with Crippen molar-refractivity contribution < 1.29 is 28.6 Å². The maximum atomic E-state index is 12.7. The first kappa shape index (κ1) is 54.6. The van der Waals surface area contributed by atoms with Crippen LogP contribution >= 0.6 is 0 Å². The Kier molecular flexibility index (Phi) is 42.8. The van der Waals surface area contributed by atoms with E-state index in [0.29, 0.717) is 19.3 Å². The number of rotatable bonds is 38. The van der Waals surface area contributed by atoms with Crippen molar-refractivity contribution in [2.45, 2.75) is 168 Å². The molecular formula is C53H80O6. The van der Waals surface area contributed by atoms with Crippen molar-refractivity contribution in [2.24, 2.45) is 0 Å². The molecule has 0 saturated heterocycles. The average molecular weight is 813 g/mol. The second-order valence-electron chi connectivity index (χ2n) is 14.5. The molecule has 328 valence electrons. The Balaban J connectivity index is 4.58. The number of hydrogen-bond acceptors (Lipinski definition) is 6. The molecule has 0 aromatic rings. The van der Waals surface area contributed by atoms with Crippen LogP contribution in [0.3, 0.4) is 0 Å². The minimum Gasteiger partial charge on any atom is -0.462 e. The van der Waals surface area contributed by atoms with Crippen LogP contribution in [-0.4, -0.2) is 37.2 Å². The van der Waals surface area contributed by atoms with Gasteiger partial charge in [-0.05, 0) is 57.8 Å². The summed E-state index contributed by atoms with van der Waals surface area (Å²) in [5.74, 6) is -1.02. The highest BCUT2D eigenvalue weighted by atomic mass is 16.6. The molecule has 0 saturated carbocycles. The monoisotopic (exact) mass is 813 g/mol. The zero-order chi connectivity index (χ0) is 43.0. The first-order valence-corrected chi connectivity index (χ1v) is 22.8. The van der Waals surface area contributed by atoms with Gasteiger partial charge in [-0.25, -0.2) is 0 Å². The zero-order valence-electron chi connectivity index (χ0n) is 37.2. The third kappa shape index (κ3) is 44.5. The molecule has 0 bridgehead atoms. The maximum Gasteiger partial charge on any atom is 0.306 e. The van der Waals surface area contributed by atoms with E-state index in [0.717, 1.165) is 77.0 Å². The highest BCUT2D eigenvalue weighted by Gasteiger charge is 2.19. The second-order valence-corrected chi connectivity index (χ2v) is 14.5. The summed E-state index contributed by atoms with van der Waals surface area (Å²) < 4.78 is 16.6. The largest absolute Gasteiger partial charge is 0.462 e. The zero-order valence-corrected chi connectivity index (χ0v) is 37.2. The first-order valence-electron chi connectivity index (χ1n) is 22.8. The molecule has 0 aliphatic carbocycles. The van der Waals surface area contributed by atoms with E-state index in [1.54, 1.807) is 0 Å². The van der Waals surface area contributed by atoms with Crippen LogP contribution in [0, 0.1) is 0 Å². The molecule has 0 fully saturated rings. The summed E-state index contributed by atoms with van der Waals surface area (Å²) in [4.78, 5) is 37.7. The molecule has 6 heteroatoms. The number of allylic oxidation sites excluding steroid dienone is 22. The fourth-order valence-electron chi connectivity index (χ4n) is 5.55. The van der Waals surface area contributed by atoms with Crippen molar-refractivity contribution >= 4 is 17.9 Å². The van der Waals surface area contributed by atoms with Crippen LogP contribution in [0.25, 0.3) is 0 Å². The van der Waals surface area contributed by atoms with E-state index in [1.807, 2.05) is 109 Å². The van der Waals surface area contributed by atoms with Crippen molar-refractivity contribution in [3.05, 3.63) is 134 Å². The average Bonchev–Trinajstić information content (AvgIpc) is 3.23. The predicted octanol–water partition coefficient (Wildman–Crippen LogP) is 14.7. The lowest BCUT2D eigenvalue weighted by atomic mass is 10.1. The van der Waals surface area contributed by atoms with Gasteiger partial charge in [-0.1, -0.05) is 219 Å². The van der Waals surface area contributed by atoms with Gasteiger partial charge in [0.1, 0.15) is 13.2 Å². The number of carbonyl (C=O) groups is 3. The van der Waals surface area contributed by atoms with Gasteiger partial charge >= 0.3 is 17.9 Å². The van der Waals surface area contributed by atoms with E-state index in [2.05, 4.69) is 45.1 Å². The van der Waals surface area contributed by atoms with Gasteiger partial charge in [-0.2, -0.15) is 0 Å². The minimum absolute atomic E-state index is 0.115. The Labute approximate surface area is 360 Å². The van der Waals surface area contributed by atoms with Crippen LogP contribution in [0.15, 0.2) is 134 Å². The molecule has 6 nitrogen and oxygen atoms in total. The van der Waals surface area contributed by atoms with E-state index < -0.39 is 6.10 Å². The highest BCUT2D eigenvalue weighted by Crippen LogP contribution is 2.12. The van der Waals surface area contributed by atoms with Gasteiger partial charge in [0.2, 0.25) is 0 Å². The Bertz CT molecular complexity index is 1350. The molecule has 0 amide bonds. The van der Waals surface area contributed by atoms with Gasteiger partial charge in [-0.15, -0.1) is 0 Å². The van der Waals surface area contributed by atoms with Crippen LogP contribution in [0.4, 0.5) is 0 Å². The van der Waals surface area contributed by atoms with Gasteiger partial charge in [-0.3, -0.25) is 14.4 Å². The lowest BCUT2D eigenvalue weighted by Gasteiger charge is -2.18. The molecule has 0 heterocycles. The third-order valence-electron chi connectivity index (χ3n) is 8.94. The molecule has 59 heavy (non-hydrogen) atoms. The molecule has 0 radical (unpaired) electrons. The number of esters is 3. The molecule has 0 N–H and O–H groups in total. The van der Waals surface area contributed by atoms with E-state index in [4.69, 9.17) is 14.2 Å². The summed E-state index contributed by atoms with van der Waals surface area (Å²) >= 11 is 0. The fraction of sp³-hybridized carbons (Fsp3) is 0.528. The van der Waals surface area contributed by atoms with Crippen molar-refractivity contribution in [1.29, 1.82) is 0 Å². The molecule has 0 rings (SSSR count). The number of hydrogen-bond donors (Lipinski definition) is 0. The lowest BCUT2D eigenvalue weighted by molar-refractivity contribution is -0.167. The summed E-state index contributed by atoms with van der Waals surface area (Å²) in [6, 6.07) is 0. The fourth-order valence-corrected chi connectivity index (χ4v) is 5.55. The summed E-state index contributed by atoms with van der Waals surface area (Å²) in [6.45, 7) is 6.21. The molecule has 1 atom stereocenters. The smallest absolute Gasteiger partial charge is 0.306 e. The van der Waals surface area contributed by atoms with Crippen LogP contribution in [-0.2, 0) is 28.6 Å². The molecule has 0 aliphatic rings. The molecule has 0 aromatic heterocycles. The van der Waals surface area contributed by atoms with E-state index in [9.17, 15) is 14.4 Å². The molecule has 0 spiro atoms. The molecule has 0 aliphatic heterocycles. The first-order chi connectivity index (χ1) is 29.0. The molecular weight excluding hydrogens is 733 g/mol. The van der Waals surface area contributed by atoms with Crippen molar-refractivity contribution in [3.8, 4) is 0 Å². The number of carbonyl (C=O) groups excluding carboxylic acids is 3. The van der Waals surface area contributed by atoms with Crippen molar-refractivity contribution in [2.75, 3.05) is 13.2 Å². The Morgan fingerprint density at radius 1 is 0.356 bits per heavy atom. The SMILES string of the molecule is CC\C=C/C=C\C=C/C=C\C=C/CCCCCC(=O)OC(COC(=O)CCCCC\C=C/C=C/C=C\C=C/C=C\C=C/CC)COC(=O)CCCCCCCCCCC. The molecule has 1 unspecified atom stereocenters. The summed E-state index contributed by atoms with van der Waals surface area (Å²) in [7, 11) is 0. The van der Waals surface area contributed by atoms with Gasteiger partial charge in [0, 0.05) is 19.3 Å². The predicted molar refractivity (Wildman–Crippen MR) is 251 cm³/mol. The van der Waals surface area contributed by atoms with E-state index >= 15 is 0 Å². The van der Waals surface area contributed by atoms with E-state index in [-0.39, 0.29) is 37.5 Å². The van der Waals surface area contributed by atoms with Crippen LogP contribution in [0.5, 0.6) is 0 Å². The van der Waals surface area contributed by atoms with Crippen LogP contribution in [0.1, 0.15) is 162 Å². The molecule has 0 aromatic carbocycles. The van der Waals surface area contributed by atoms with Gasteiger partial charge in [0.25, 0.3) is 0 Å². The van der Waals surface area contributed by atoms with Crippen LogP contribution in [0.2, 0.25) is 0 Å². The van der Waals surface area contributed by atoms with Crippen molar-refractivity contribution in [3.63, 3.8) is 0 Å². The summed E-state index contributed by atoms with van der Waals surface area (Å²) in [5, 5.41) is 0. The van der Waals surface area contributed by atoms with Gasteiger partial charge in [0.05, 0.1) is 0 Å². The third-order valence-corrected chi connectivity index (χ3v) is 8.94. The van der Waals surface area contributed by atoms with Crippen molar-refractivity contribution in [1.82, 2.24) is 0 Å². The highest BCUT2D eigenvalue weighted by molar-refractivity contribution is 5.71. The minimum atomic E-state index is -0.820. The Morgan fingerprint density at radius 2 is 0.661 bits per heavy atom. The second kappa shape index (κ2) is 46.2. The lowest BCUT2D eigenvalue weighted by Crippen LogP contribution is -2.30. The maximum absolute atomic E-state index is 12.7. The van der Waals surface area contributed by atoms with Crippen LogP contribution < -0.4 is 0 Å². The standard InChI is InChI=1S/C53H80O6/c1-4-7-10-13-16-19-21-23-25-26-28-29-31-34-37-40-43-46-52(55)58-49-50(48-57-51(54)45-42-39-36-33-18-15-12-9-6-3)59-53(56)47-44-41-38-35-32-30-27-24-22-20-17-14-11-8-5-2/h7-8,10-11,13-14,16-17,19-32,50H,4-6,9,12,15,18,33-49H2,1-3H3/b10-7-,11-8-,16-13-,17-14-,21-19-,22-20-,25-23-,27-24-,28-26+,31-29-,32-30-. The van der Waals surface area contributed by atoms with Gasteiger partial charge < -0.3 is 14.2 Å². The number of unbranched alkanes of at least 4 members (excludes halogenated alkanes) is 14. The van der Waals surface area contributed by atoms with E-state index in [1.165, 1.54) is 38.5 Å². The Morgan fingerprint density at radius 3 is 1.03 bits per heavy atom. The summed E-state index contributed by atoms with van der Waals surface area (Å²) in [6.07, 6.45) is 64.3. The topological polar surface area (TPSA) is 78.9 Å².